The molecule has 3 aromatic carbocycles. The summed E-state index contributed by atoms with van der Waals surface area (Å²) in [6.07, 6.45) is 5.92. The highest BCUT2D eigenvalue weighted by Gasteiger charge is 2.35. The Morgan fingerprint density at radius 1 is 0.900 bits per heavy atom. The average molecular weight is 731 g/mol. The monoisotopic (exact) mass is 729 g/mol. The average Bonchev–Trinajstić information content (AvgIpc) is 3.93. The Bertz CT molecular complexity index is 1510. The van der Waals surface area contributed by atoms with Crippen LogP contribution in [0, 0.1) is 12.8 Å². The Labute approximate surface area is 307 Å². The normalized spacial score (nSPS) is 13.4. The van der Waals surface area contributed by atoms with E-state index in [1.165, 1.54) is 5.56 Å². The van der Waals surface area contributed by atoms with Crippen LogP contribution in [0.15, 0.2) is 59.7 Å². The first-order valence-electron chi connectivity index (χ1n) is 17.0. The van der Waals surface area contributed by atoms with Crippen molar-refractivity contribution in [2.24, 2.45) is 22.6 Å². The lowest BCUT2D eigenvalue weighted by molar-refractivity contribution is -0.136. The van der Waals surface area contributed by atoms with Gasteiger partial charge in [0, 0.05) is 38.6 Å². The van der Waals surface area contributed by atoms with Crippen LogP contribution in [0.3, 0.4) is 0 Å². The first-order chi connectivity index (χ1) is 23.7. The van der Waals surface area contributed by atoms with Crippen molar-refractivity contribution >= 4 is 34.8 Å². The molecule has 50 heavy (non-hydrogen) atoms. The van der Waals surface area contributed by atoms with Gasteiger partial charge in [0.2, 0.25) is 5.91 Å². The standard InChI is InChI=1S/C38H50Cl2N4O5.H3N/c1-26-18-35(39)37(36(40)19-26)49-17-16-48-33-12-8-28(9-13-33)21-31(24-41)38(45)44(32-10-11-32)25-30-20-29(7-5-14-46-3)22-34(23-30)47-15-4-6-27(2)43-42;/h8-9,12-13,18-20,22-23,31-32H,4-7,10-11,14-17,21,24-25,41-42H2,1-3H3;1H3/b43-27+;. The molecule has 1 amide bonds. The van der Waals surface area contributed by atoms with Gasteiger partial charge in [-0.3, -0.25) is 4.79 Å². The van der Waals surface area contributed by atoms with Gasteiger partial charge in [0.05, 0.1) is 22.6 Å². The fourth-order valence-electron chi connectivity index (χ4n) is 5.66. The molecule has 274 valence electrons. The third kappa shape index (κ3) is 13.0. The van der Waals surface area contributed by atoms with Gasteiger partial charge in [-0.1, -0.05) is 41.4 Å². The molecule has 0 aliphatic heterocycles. The van der Waals surface area contributed by atoms with Crippen molar-refractivity contribution < 1.29 is 23.7 Å². The predicted molar refractivity (Wildman–Crippen MR) is 202 cm³/mol. The van der Waals surface area contributed by atoms with E-state index in [4.69, 9.17) is 53.7 Å². The van der Waals surface area contributed by atoms with Gasteiger partial charge in [-0.05, 0) is 117 Å². The summed E-state index contributed by atoms with van der Waals surface area (Å²) >= 11 is 12.5. The van der Waals surface area contributed by atoms with E-state index in [0.29, 0.717) is 60.9 Å². The molecule has 0 aromatic heterocycles. The number of hydrogen-bond acceptors (Lipinski definition) is 9. The number of nitrogens with two attached hydrogens (primary N) is 2. The third-order valence-electron chi connectivity index (χ3n) is 8.42. The number of benzene rings is 3. The number of carbonyl (C=O) groups is 1. The third-order valence-corrected chi connectivity index (χ3v) is 8.98. The quantitative estimate of drug-likeness (QED) is 0.0446. The Morgan fingerprint density at radius 2 is 1.56 bits per heavy atom. The van der Waals surface area contributed by atoms with E-state index < -0.39 is 0 Å². The minimum Gasteiger partial charge on any atom is -0.494 e. The molecule has 1 aliphatic rings. The first-order valence-corrected chi connectivity index (χ1v) is 17.7. The first kappa shape index (κ1) is 40.9. The van der Waals surface area contributed by atoms with Crippen LogP contribution in [0.25, 0.3) is 0 Å². The fourth-order valence-corrected chi connectivity index (χ4v) is 6.37. The largest absolute Gasteiger partial charge is 0.494 e. The molecule has 1 unspecified atom stereocenters. The molecule has 12 heteroatoms. The lowest BCUT2D eigenvalue weighted by Crippen LogP contribution is -2.41. The van der Waals surface area contributed by atoms with Crippen LogP contribution >= 0.6 is 23.2 Å². The molecule has 4 rings (SSSR count). The maximum atomic E-state index is 14.0. The second-order valence-electron chi connectivity index (χ2n) is 12.6. The highest BCUT2D eigenvalue weighted by molar-refractivity contribution is 6.37. The molecular weight excluding hydrogens is 677 g/mol. The number of methoxy groups -OCH3 is 1. The van der Waals surface area contributed by atoms with Crippen LogP contribution in [0.1, 0.15) is 61.3 Å². The summed E-state index contributed by atoms with van der Waals surface area (Å²) in [6, 6.07) is 17.9. The Balaban J connectivity index is 0.00000676. The summed E-state index contributed by atoms with van der Waals surface area (Å²) in [4.78, 5) is 16.0. The maximum absolute atomic E-state index is 14.0. The molecule has 1 atom stereocenters. The number of hydrazone groups is 1. The molecule has 10 nitrogen and oxygen atoms in total. The number of aryl methyl sites for hydroxylation is 2. The molecule has 0 saturated heterocycles. The molecule has 1 saturated carbocycles. The lowest BCUT2D eigenvalue weighted by atomic mass is 9.97. The summed E-state index contributed by atoms with van der Waals surface area (Å²) in [7, 11) is 1.71. The SMILES string of the molecule is COCCCc1cc(CN(C(=O)C(CN)Cc2ccc(OCCOc3c(Cl)cc(C)cc3Cl)cc2)C2CC2)cc(OCCC/C(C)=N/N)c1.N. The molecule has 0 heterocycles. The zero-order chi connectivity index (χ0) is 35.2. The molecule has 0 bridgehead atoms. The minimum absolute atomic E-state index is 0. The van der Waals surface area contributed by atoms with Crippen molar-refractivity contribution in [2.75, 3.05) is 40.1 Å². The number of ether oxygens (including phenoxy) is 4. The van der Waals surface area contributed by atoms with Crippen LogP contribution in [0.4, 0.5) is 0 Å². The van der Waals surface area contributed by atoms with Gasteiger partial charge >= 0.3 is 0 Å². The molecule has 7 N–H and O–H groups in total. The van der Waals surface area contributed by atoms with E-state index in [0.717, 1.165) is 66.7 Å². The van der Waals surface area contributed by atoms with Crippen molar-refractivity contribution in [2.45, 2.75) is 71.4 Å². The number of halogens is 2. The second-order valence-corrected chi connectivity index (χ2v) is 13.4. The van der Waals surface area contributed by atoms with Crippen LogP contribution in [-0.2, 0) is 28.9 Å². The molecule has 0 spiro atoms. The number of nitrogens with zero attached hydrogens (tertiary/aromatic N) is 2. The summed E-state index contributed by atoms with van der Waals surface area (Å²) < 4.78 is 23.0. The molecule has 3 aromatic rings. The molecule has 1 fully saturated rings. The lowest BCUT2D eigenvalue weighted by Gasteiger charge is -2.27. The van der Waals surface area contributed by atoms with E-state index in [1.54, 1.807) is 7.11 Å². The van der Waals surface area contributed by atoms with Crippen LogP contribution < -0.4 is 31.9 Å². The van der Waals surface area contributed by atoms with Crippen molar-refractivity contribution in [3.63, 3.8) is 0 Å². The highest BCUT2D eigenvalue weighted by Crippen LogP contribution is 2.34. The highest BCUT2D eigenvalue weighted by atomic mass is 35.5. The summed E-state index contributed by atoms with van der Waals surface area (Å²) in [5.74, 6) is 7.08. The predicted octanol–water partition coefficient (Wildman–Crippen LogP) is 7.30. The van der Waals surface area contributed by atoms with E-state index in [-0.39, 0.29) is 30.6 Å². The summed E-state index contributed by atoms with van der Waals surface area (Å²) in [5, 5.41) is 4.68. The van der Waals surface area contributed by atoms with Gasteiger partial charge in [-0.2, -0.15) is 5.10 Å². The topological polar surface area (TPSA) is 157 Å². The molecule has 1 aliphatic carbocycles. The van der Waals surface area contributed by atoms with Crippen LogP contribution in [-0.4, -0.2) is 62.6 Å². The van der Waals surface area contributed by atoms with Gasteiger partial charge < -0.3 is 41.6 Å². The van der Waals surface area contributed by atoms with Crippen LogP contribution in [0.5, 0.6) is 17.2 Å². The summed E-state index contributed by atoms with van der Waals surface area (Å²) in [5.41, 5.74) is 11.3. The van der Waals surface area contributed by atoms with E-state index >= 15 is 0 Å². The van der Waals surface area contributed by atoms with Gasteiger partial charge in [0.25, 0.3) is 0 Å². The van der Waals surface area contributed by atoms with E-state index in [1.807, 2.05) is 55.1 Å². The second kappa shape index (κ2) is 21.0. The molecule has 0 radical (unpaired) electrons. The number of rotatable bonds is 21. The smallest absolute Gasteiger partial charge is 0.227 e. The van der Waals surface area contributed by atoms with Crippen molar-refractivity contribution in [3.8, 4) is 17.2 Å². The zero-order valence-electron chi connectivity index (χ0n) is 29.6. The molecular formula is C38H53Cl2N5O5. The minimum atomic E-state index is -0.335. The Morgan fingerprint density at radius 3 is 2.20 bits per heavy atom. The van der Waals surface area contributed by atoms with Gasteiger partial charge in [0.15, 0.2) is 5.75 Å². The van der Waals surface area contributed by atoms with Crippen LogP contribution in [0.2, 0.25) is 10.0 Å². The van der Waals surface area contributed by atoms with E-state index in [2.05, 4.69) is 23.3 Å². The summed E-state index contributed by atoms with van der Waals surface area (Å²) in [6.45, 7) is 6.47. The Kier molecular flexibility index (Phi) is 17.1. The number of amides is 1. The number of carbonyl (C=O) groups excluding carboxylic acids is 1. The maximum Gasteiger partial charge on any atom is 0.227 e. The Hall–Kier alpha value is -3.54. The van der Waals surface area contributed by atoms with Gasteiger partial charge in [-0.25, -0.2) is 0 Å². The van der Waals surface area contributed by atoms with Gasteiger partial charge in [-0.15, -0.1) is 0 Å². The van der Waals surface area contributed by atoms with Gasteiger partial charge in [0.1, 0.15) is 24.7 Å². The zero-order valence-corrected chi connectivity index (χ0v) is 31.1. The van der Waals surface area contributed by atoms with Crippen molar-refractivity contribution in [1.29, 1.82) is 0 Å². The van der Waals surface area contributed by atoms with Crippen molar-refractivity contribution in [1.82, 2.24) is 11.1 Å². The number of hydrogen-bond donors (Lipinski definition) is 3. The van der Waals surface area contributed by atoms with Crippen molar-refractivity contribution in [3.05, 3.63) is 86.9 Å². The van der Waals surface area contributed by atoms with E-state index in [9.17, 15) is 4.79 Å². The fraction of sp³-hybridized carbons (Fsp3) is 0.474.